The molecule has 0 aromatic rings. The zero-order valence-electron chi connectivity index (χ0n) is 7.65. The van der Waals surface area contributed by atoms with Crippen LogP contribution < -0.4 is 0 Å². The maximum Gasteiger partial charge on any atom is 0.279 e. The predicted molar refractivity (Wildman–Crippen MR) is 47.9 cm³/mol. The molecule has 5 heteroatoms. The Hall–Kier alpha value is -0.190. The zero-order chi connectivity index (χ0) is 10.5. The lowest BCUT2D eigenvalue weighted by molar-refractivity contribution is -0.110. The van der Waals surface area contributed by atoms with Crippen LogP contribution >= 0.6 is 11.8 Å². The summed E-state index contributed by atoms with van der Waals surface area (Å²) in [5.74, 6) is -3.32. The lowest BCUT2D eigenvalue weighted by Crippen LogP contribution is -2.28. The van der Waals surface area contributed by atoms with Crippen LogP contribution in [0.3, 0.4) is 0 Å². The number of carbonyl (C=O) groups excluding carboxylic acids is 1. The molecule has 78 valence electrons. The van der Waals surface area contributed by atoms with Gasteiger partial charge in [-0.25, -0.2) is 13.2 Å². The van der Waals surface area contributed by atoms with E-state index in [0.717, 1.165) is 18.7 Å². The fourth-order valence-corrected chi connectivity index (χ4v) is 1.41. The van der Waals surface area contributed by atoms with Gasteiger partial charge in [-0.05, 0) is 6.92 Å². The van der Waals surface area contributed by atoms with Gasteiger partial charge in [0.15, 0.2) is 11.3 Å². The van der Waals surface area contributed by atoms with E-state index >= 15 is 0 Å². The molecule has 0 saturated carbocycles. The monoisotopic (exact) mass is 214 g/mol. The number of thioether (sulfide) groups is 1. The maximum atomic E-state index is 12.6. The Morgan fingerprint density at radius 1 is 1.54 bits per heavy atom. The summed E-state index contributed by atoms with van der Waals surface area (Å²) in [6, 6.07) is 0. The van der Waals surface area contributed by atoms with Gasteiger partial charge in [0, 0.05) is 18.6 Å². The first-order valence-electron chi connectivity index (χ1n) is 4.07. The van der Waals surface area contributed by atoms with Crippen LogP contribution in [0.5, 0.6) is 0 Å². The third kappa shape index (κ3) is 5.18. The van der Waals surface area contributed by atoms with Gasteiger partial charge in [0.25, 0.3) is 5.92 Å². The molecule has 0 aliphatic carbocycles. The average molecular weight is 214 g/mol. The van der Waals surface area contributed by atoms with Crippen molar-refractivity contribution in [2.24, 2.45) is 0 Å². The molecule has 0 amide bonds. The van der Waals surface area contributed by atoms with Crippen molar-refractivity contribution in [2.75, 3.05) is 5.75 Å². The Kier molecular flexibility index (Phi) is 5.44. The molecule has 0 rings (SSSR count). The number of rotatable bonds is 5. The van der Waals surface area contributed by atoms with E-state index in [0.29, 0.717) is 6.42 Å². The van der Waals surface area contributed by atoms with Crippen molar-refractivity contribution < 1.29 is 18.0 Å². The zero-order valence-corrected chi connectivity index (χ0v) is 8.47. The van der Waals surface area contributed by atoms with Crippen LogP contribution in [0.1, 0.15) is 26.7 Å². The van der Waals surface area contributed by atoms with Gasteiger partial charge in [0.2, 0.25) is 0 Å². The van der Waals surface area contributed by atoms with E-state index in [4.69, 9.17) is 0 Å². The topological polar surface area (TPSA) is 17.1 Å². The summed E-state index contributed by atoms with van der Waals surface area (Å²) in [4.78, 5) is 10.7. The van der Waals surface area contributed by atoms with Crippen LogP contribution in [0.2, 0.25) is 0 Å². The first-order chi connectivity index (χ1) is 5.90. The second kappa shape index (κ2) is 5.52. The minimum absolute atomic E-state index is 0.0199. The molecule has 13 heavy (non-hydrogen) atoms. The van der Waals surface area contributed by atoms with Gasteiger partial charge in [-0.15, -0.1) is 0 Å². The third-order valence-electron chi connectivity index (χ3n) is 1.57. The number of halogens is 3. The Balaban J connectivity index is 3.70. The van der Waals surface area contributed by atoms with Crippen LogP contribution in [0.4, 0.5) is 13.2 Å². The Labute approximate surface area is 80.1 Å². The normalized spacial score (nSPS) is 14.2. The molecule has 0 N–H and O–H groups in total. The molecule has 0 fully saturated rings. The fourth-order valence-electron chi connectivity index (χ4n) is 0.602. The van der Waals surface area contributed by atoms with Gasteiger partial charge < -0.3 is 0 Å². The van der Waals surface area contributed by atoms with E-state index in [1.165, 1.54) is 0 Å². The summed E-state index contributed by atoms with van der Waals surface area (Å²) in [5.41, 5.74) is 0. The number of hydrogen-bond acceptors (Lipinski definition) is 2. The molecule has 0 radical (unpaired) electrons. The number of alkyl halides is 3. The minimum atomic E-state index is -3.30. The summed E-state index contributed by atoms with van der Waals surface area (Å²) in [7, 11) is 0. The summed E-state index contributed by atoms with van der Waals surface area (Å²) in [6.45, 7) is 2.48. The van der Waals surface area contributed by atoms with E-state index in [1.54, 1.807) is 6.92 Å². The quantitative estimate of drug-likeness (QED) is 0.699. The van der Waals surface area contributed by atoms with Crippen LogP contribution in [-0.2, 0) is 4.79 Å². The Morgan fingerprint density at radius 3 is 2.46 bits per heavy atom. The lowest BCUT2D eigenvalue weighted by atomic mass is 10.2. The van der Waals surface area contributed by atoms with Gasteiger partial charge in [0.05, 0.1) is 0 Å². The smallest absolute Gasteiger partial charge is 0.279 e. The van der Waals surface area contributed by atoms with Crippen molar-refractivity contribution in [1.29, 1.82) is 0 Å². The second-order valence-corrected chi connectivity index (χ2v) is 3.85. The summed E-state index contributed by atoms with van der Waals surface area (Å²) < 4.78 is 37.4. The summed E-state index contributed by atoms with van der Waals surface area (Å²) in [5, 5.41) is -0.137. The van der Waals surface area contributed by atoms with E-state index in [-0.39, 0.29) is 10.9 Å². The maximum absolute atomic E-state index is 12.6. The molecule has 0 aliphatic heterocycles. The summed E-state index contributed by atoms with van der Waals surface area (Å²) >= 11 is 0.835. The highest BCUT2D eigenvalue weighted by Crippen LogP contribution is 2.27. The van der Waals surface area contributed by atoms with E-state index < -0.39 is 18.5 Å². The van der Waals surface area contributed by atoms with Crippen molar-refractivity contribution in [3.05, 3.63) is 0 Å². The number of carbonyl (C=O) groups is 1. The van der Waals surface area contributed by atoms with Crippen LogP contribution in [0.25, 0.3) is 0 Å². The molecular formula is C8H13F3OS. The van der Waals surface area contributed by atoms with Gasteiger partial charge in [0.1, 0.15) is 0 Å². The predicted octanol–water partition coefficient (Wildman–Crippen LogP) is 3.04. The highest BCUT2D eigenvalue weighted by Gasteiger charge is 2.36. The first kappa shape index (κ1) is 12.8. The molecule has 1 unspecified atom stereocenters. The molecule has 0 spiro atoms. The Morgan fingerprint density at radius 2 is 2.08 bits per heavy atom. The van der Waals surface area contributed by atoms with Gasteiger partial charge in [-0.3, -0.25) is 4.79 Å². The molecule has 0 aromatic carbocycles. The minimum Gasteiger partial charge on any atom is -0.287 e. The van der Waals surface area contributed by atoms with Crippen LogP contribution in [-0.4, -0.2) is 23.0 Å². The Bertz CT molecular complexity index is 171. The van der Waals surface area contributed by atoms with Crippen LogP contribution in [0.15, 0.2) is 0 Å². The van der Waals surface area contributed by atoms with Gasteiger partial charge >= 0.3 is 0 Å². The van der Waals surface area contributed by atoms with Gasteiger partial charge in [-0.1, -0.05) is 18.7 Å². The van der Waals surface area contributed by atoms with Crippen molar-refractivity contribution in [2.45, 2.75) is 38.8 Å². The molecule has 0 heterocycles. The van der Waals surface area contributed by atoms with Crippen molar-refractivity contribution >= 4 is 16.9 Å². The molecule has 0 aliphatic rings. The van der Waals surface area contributed by atoms with E-state index in [1.807, 2.05) is 0 Å². The van der Waals surface area contributed by atoms with Crippen LogP contribution in [0, 0.1) is 0 Å². The highest BCUT2D eigenvalue weighted by atomic mass is 32.2. The molecule has 0 bridgehead atoms. The van der Waals surface area contributed by atoms with E-state index in [2.05, 4.69) is 0 Å². The lowest BCUT2D eigenvalue weighted by Gasteiger charge is -2.16. The highest BCUT2D eigenvalue weighted by molar-refractivity contribution is 8.13. The second-order valence-electron chi connectivity index (χ2n) is 2.70. The standard InChI is InChI=1S/C8H13F3OS/c1-3-7(12)13-5-4-8(10,11)6(2)9/h6H,3-5H2,1-2H3. The molecule has 0 aromatic heterocycles. The molecule has 1 atom stereocenters. The molecular weight excluding hydrogens is 201 g/mol. The van der Waals surface area contributed by atoms with Gasteiger partial charge in [-0.2, -0.15) is 0 Å². The largest absolute Gasteiger partial charge is 0.287 e. The number of hydrogen-bond donors (Lipinski definition) is 0. The molecule has 1 nitrogen and oxygen atoms in total. The van der Waals surface area contributed by atoms with Crippen molar-refractivity contribution in [3.63, 3.8) is 0 Å². The molecule has 0 saturated heterocycles. The van der Waals surface area contributed by atoms with E-state index in [9.17, 15) is 18.0 Å². The van der Waals surface area contributed by atoms with Crippen molar-refractivity contribution in [1.82, 2.24) is 0 Å². The summed E-state index contributed by atoms with van der Waals surface area (Å²) in [6.07, 6.45) is -2.41. The third-order valence-corrected chi connectivity index (χ3v) is 2.59. The fraction of sp³-hybridized carbons (Fsp3) is 0.875. The SMILES string of the molecule is CCC(=O)SCCC(F)(F)C(C)F. The first-order valence-corrected chi connectivity index (χ1v) is 5.06. The van der Waals surface area contributed by atoms with Crippen molar-refractivity contribution in [3.8, 4) is 0 Å². The average Bonchev–Trinajstić information content (AvgIpc) is 2.03.